The Kier molecular flexibility index (Phi) is 6.31. The van der Waals surface area contributed by atoms with Crippen molar-refractivity contribution in [2.45, 2.75) is 32.9 Å². The van der Waals surface area contributed by atoms with Gasteiger partial charge < -0.3 is 20.1 Å². The zero-order chi connectivity index (χ0) is 15.1. The average molecular weight is 280 g/mol. The summed E-state index contributed by atoms with van der Waals surface area (Å²) in [6.45, 7) is 6.45. The second kappa shape index (κ2) is 7.75. The Morgan fingerprint density at radius 1 is 1.35 bits per heavy atom. The Labute approximate surface area is 120 Å². The van der Waals surface area contributed by atoms with Gasteiger partial charge in [0, 0.05) is 13.6 Å². The number of aliphatic hydroxyl groups is 1. The van der Waals surface area contributed by atoms with E-state index in [0.29, 0.717) is 13.2 Å². The molecule has 112 valence electrons. The van der Waals surface area contributed by atoms with Crippen molar-refractivity contribution in [2.75, 3.05) is 20.2 Å². The number of carbonyl (C=O) groups is 1. The van der Waals surface area contributed by atoms with Crippen LogP contribution in [-0.4, -0.2) is 42.3 Å². The summed E-state index contributed by atoms with van der Waals surface area (Å²) in [6.07, 6.45) is -0.536. The lowest BCUT2D eigenvalue weighted by Crippen LogP contribution is -2.41. The fraction of sp³-hybridized carbons (Fsp3) is 0.533. The molecule has 2 unspecified atom stereocenters. The van der Waals surface area contributed by atoms with Crippen LogP contribution < -0.4 is 10.1 Å². The second-order valence-electron chi connectivity index (χ2n) is 4.90. The molecule has 0 saturated heterocycles. The Hall–Kier alpha value is -1.75. The third-order valence-electron chi connectivity index (χ3n) is 2.92. The first-order valence-corrected chi connectivity index (χ1v) is 6.86. The lowest BCUT2D eigenvalue weighted by Gasteiger charge is -2.22. The zero-order valence-corrected chi connectivity index (χ0v) is 12.6. The van der Waals surface area contributed by atoms with Gasteiger partial charge in [-0.3, -0.25) is 0 Å². The van der Waals surface area contributed by atoms with Crippen LogP contribution >= 0.6 is 0 Å². The molecule has 1 aromatic rings. The minimum atomic E-state index is -0.536. The molecule has 0 spiro atoms. The molecule has 0 heterocycles. The lowest BCUT2D eigenvalue weighted by atomic mass is 10.1. The van der Waals surface area contributed by atoms with Crippen LogP contribution in [0.15, 0.2) is 24.3 Å². The fourth-order valence-corrected chi connectivity index (χ4v) is 1.88. The van der Waals surface area contributed by atoms with Gasteiger partial charge in [0.15, 0.2) is 0 Å². The van der Waals surface area contributed by atoms with E-state index in [9.17, 15) is 9.90 Å². The van der Waals surface area contributed by atoms with E-state index in [1.807, 2.05) is 38.1 Å². The first kappa shape index (κ1) is 16.3. The number of nitrogens with one attached hydrogen (secondary N) is 1. The summed E-state index contributed by atoms with van der Waals surface area (Å²) in [5, 5.41) is 12.2. The first-order valence-electron chi connectivity index (χ1n) is 6.86. The summed E-state index contributed by atoms with van der Waals surface area (Å²) >= 11 is 0. The molecular weight excluding hydrogens is 256 g/mol. The van der Waals surface area contributed by atoms with Crippen molar-refractivity contribution in [1.29, 1.82) is 0 Å². The summed E-state index contributed by atoms with van der Waals surface area (Å²) in [7, 11) is 1.66. The van der Waals surface area contributed by atoms with Crippen LogP contribution in [-0.2, 0) is 0 Å². The molecule has 2 atom stereocenters. The third-order valence-corrected chi connectivity index (χ3v) is 2.92. The van der Waals surface area contributed by atoms with Crippen molar-refractivity contribution in [2.24, 2.45) is 0 Å². The van der Waals surface area contributed by atoms with Crippen molar-refractivity contribution >= 4 is 6.03 Å². The minimum absolute atomic E-state index is 0.102. The molecule has 5 heteroatoms. The molecule has 20 heavy (non-hydrogen) atoms. The normalized spacial score (nSPS) is 13.4. The Balaban J connectivity index is 2.57. The standard InChI is InChI=1S/C15H24N2O3/c1-5-20-14-8-6-13(7-9-14)12(3)16-15(19)17(4)10-11(2)18/h6-9,11-12,18H,5,10H2,1-4H3,(H,16,19). The Bertz CT molecular complexity index is 418. The molecule has 2 amide bonds. The van der Waals surface area contributed by atoms with Gasteiger partial charge in [-0.15, -0.1) is 0 Å². The molecule has 0 aliphatic heterocycles. The highest BCUT2D eigenvalue weighted by Crippen LogP contribution is 2.17. The SMILES string of the molecule is CCOc1ccc(C(C)NC(=O)N(C)CC(C)O)cc1. The summed E-state index contributed by atoms with van der Waals surface area (Å²) in [6, 6.07) is 7.35. The second-order valence-corrected chi connectivity index (χ2v) is 4.90. The molecule has 5 nitrogen and oxygen atoms in total. The number of nitrogens with zero attached hydrogens (tertiary/aromatic N) is 1. The van der Waals surface area contributed by atoms with Gasteiger partial charge in [0.05, 0.1) is 18.8 Å². The van der Waals surface area contributed by atoms with Crippen LogP contribution in [0, 0.1) is 0 Å². The van der Waals surface area contributed by atoms with Crippen LogP contribution in [0.25, 0.3) is 0 Å². The van der Waals surface area contributed by atoms with Gasteiger partial charge >= 0.3 is 6.03 Å². The number of ether oxygens (including phenoxy) is 1. The molecular formula is C15H24N2O3. The van der Waals surface area contributed by atoms with Gasteiger partial charge in [0.2, 0.25) is 0 Å². The van der Waals surface area contributed by atoms with Gasteiger partial charge in [-0.25, -0.2) is 4.79 Å². The van der Waals surface area contributed by atoms with Crippen LogP contribution in [0.5, 0.6) is 5.75 Å². The van der Waals surface area contributed by atoms with E-state index >= 15 is 0 Å². The van der Waals surface area contributed by atoms with Gasteiger partial charge in [-0.1, -0.05) is 12.1 Å². The van der Waals surface area contributed by atoms with E-state index in [0.717, 1.165) is 11.3 Å². The maximum absolute atomic E-state index is 11.9. The van der Waals surface area contributed by atoms with Crippen molar-refractivity contribution in [3.63, 3.8) is 0 Å². The predicted octanol–water partition coefficient (Wildman–Crippen LogP) is 2.17. The van der Waals surface area contributed by atoms with Crippen LogP contribution in [0.4, 0.5) is 4.79 Å². The number of carbonyl (C=O) groups excluding carboxylic acids is 1. The number of benzene rings is 1. The topological polar surface area (TPSA) is 61.8 Å². The highest BCUT2D eigenvalue weighted by Gasteiger charge is 2.14. The largest absolute Gasteiger partial charge is 0.494 e. The smallest absolute Gasteiger partial charge is 0.317 e. The van der Waals surface area contributed by atoms with Crippen LogP contribution in [0.2, 0.25) is 0 Å². The van der Waals surface area contributed by atoms with Crippen LogP contribution in [0.1, 0.15) is 32.4 Å². The zero-order valence-electron chi connectivity index (χ0n) is 12.6. The number of aliphatic hydroxyl groups excluding tert-OH is 1. The third kappa shape index (κ3) is 5.09. The number of hydrogen-bond donors (Lipinski definition) is 2. The van der Waals surface area contributed by atoms with E-state index in [2.05, 4.69) is 5.32 Å². The van der Waals surface area contributed by atoms with E-state index in [1.165, 1.54) is 4.90 Å². The van der Waals surface area contributed by atoms with Crippen molar-refractivity contribution in [3.8, 4) is 5.75 Å². The molecule has 1 aromatic carbocycles. The average Bonchev–Trinajstić information content (AvgIpc) is 2.39. The first-order chi connectivity index (χ1) is 9.43. The van der Waals surface area contributed by atoms with Gasteiger partial charge in [-0.2, -0.15) is 0 Å². The van der Waals surface area contributed by atoms with E-state index in [1.54, 1.807) is 14.0 Å². The molecule has 0 aliphatic carbocycles. The van der Waals surface area contributed by atoms with Gasteiger partial charge in [0.1, 0.15) is 5.75 Å². The molecule has 0 aromatic heterocycles. The summed E-state index contributed by atoms with van der Waals surface area (Å²) in [4.78, 5) is 13.4. The van der Waals surface area contributed by atoms with Crippen molar-refractivity contribution in [1.82, 2.24) is 10.2 Å². The summed E-state index contributed by atoms with van der Waals surface area (Å²) in [5.41, 5.74) is 1.01. The fourth-order valence-electron chi connectivity index (χ4n) is 1.88. The summed E-state index contributed by atoms with van der Waals surface area (Å²) < 4.78 is 5.38. The number of amides is 2. The monoisotopic (exact) mass is 280 g/mol. The van der Waals surface area contributed by atoms with Crippen LogP contribution in [0.3, 0.4) is 0 Å². The molecule has 0 saturated carbocycles. The highest BCUT2D eigenvalue weighted by molar-refractivity contribution is 5.74. The molecule has 0 bridgehead atoms. The van der Waals surface area contributed by atoms with Gasteiger partial charge in [0.25, 0.3) is 0 Å². The van der Waals surface area contributed by atoms with E-state index in [4.69, 9.17) is 4.74 Å². The number of likely N-dealkylation sites (N-methyl/N-ethyl adjacent to an activating group) is 1. The Morgan fingerprint density at radius 3 is 2.45 bits per heavy atom. The molecule has 2 N–H and O–H groups in total. The molecule has 0 radical (unpaired) electrons. The number of rotatable bonds is 6. The van der Waals surface area contributed by atoms with Crippen molar-refractivity contribution in [3.05, 3.63) is 29.8 Å². The molecule has 1 rings (SSSR count). The van der Waals surface area contributed by atoms with Gasteiger partial charge in [-0.05, 0) is 38.5 Å². The maximum Gasteiger partial charge on any atom is 0.317 e. The highest BCUT2D eigenvalue weighted by atomic mass is 16.5. The molecule has 0 aliphatic rings. The van der Waals surface area contributed by atoms with E-state index < -0.39 is 6.10 Å². The molecule has 0 fully saturated rings. The quantitative estimate of drug-likeness (QED) is 0.839. The van der Waals surface area contributed by atoms with E-state index in [-0.39, 0.29) is 12.1 Å². The minimum Gasteiger partial charge on any atom is -0.494 e. The number of urea groups is 1. The summed E-state index contributed by atoms with van der Waals surface area (Å²) in [5.74, 6) is 0.820. The predicted molar refractivity (Wildman–Crippen MR) is 78.9 cm³/mol. The Morgan fingerprint density at radius 2 is 1.95 bits per heavy atom. The lowest BCUT2D eigenvalue weighted by molar-refractivity contribution is 0.142. The number of hydrogen-bond acceptors (Lipinski definition) is 3. The van der Waals surface area contributed by atoms with Crippen molar-refractivity contribution < 1.29 is 14.6 Å². The maximum atomic E-state index is 11.9.